The van der Waals surface area contributed by atoms with Crippen molar-refractivity contribution in [2.75, 3.05) is 6.54 Å². The second-order valence-corrected chi connectivity index (χ2v) is 7.27. The molecule has 1 fully saturated rings. The maximum absolute atomic E-state index is 11.2. The molecule has 3 heterocycles. The van der Waals surface area contributed by atoms with Crippen LogP contribution >= 0.6 is 0 Å². The molecule has 5 nitrogen and oxygen atoms in total. The third-order valence-corrected chi connectivity index (χ3v) is 5.65. The highest BCUT2D eigenvalue weighted by Gasteiger charge is 2.39. The molecule has 1 N–H and O–H groups in total. The lowest BCUT2D eigenvalue weighted by molar-refractivity contribution is -0.0255. The van der Waals surface area contributed by atoms with Gasteiger partial charge in [-0.3, -0.25) is 9.88 Å². The molecule has 5 rings (SSSR count). The number of nitrogens with zero attached hydrogens (tertiary/aromatic N) is 4. The number of hydrogen-bond acceptors (Lipinski definition) is 4. The first-order valence-electron chi connectivity index (χ1n) is 9.11. The summed E-state index contributed by atoms with van der Waals surface area (Å²) in [7, 11) is 0. The van der Waals surface area contributed by atoms with Gasteiger partial charge < -0.3 is 9.67 Å². The number of aromatic nitrogens is 2. The Bertz CT molecular complexity index is 1060. The van der Waals surface area contributed by atoms with Gasteiger partial charge in [0.25, 0.3) is 0 Å². The van der Waals surface area contributed by atoms with Crippen LogP contribution in [0.1, 0.15) is 35.9 Å². The summed E-state index contributed by atoms with van der Waals surface area (Å²) in [5.41, 5.74) is 6.52. The van der Waals surface area contributed by atoms with Crippen LogP contribution in [0.25, 0.3) is 22.2 Å². The summed E-state index contributed by atoms with van der Waals surface area (Å²) in [6.45, 7) is 3.75. The second kappa shape index (κ2) is 5.66. The molecule has 1 atom stereocenters. The van der Waals surface area contributed by atoms with Gasteiger partial charge >= 0.3 is 0 Å². The molecular formula is C21H20N4O. The van der Waals surface area contributed by atoms with Gasteiger partial charge in [0.2, 0.25) is 0 Å². The maximum Gasteiger partial charge on any atom is 0.149 e. The first kappa shape index (κ1) is 15.6. The summed E-state index contributed by atoms with van der Waals surface area (Å²) in [4.78, 5) is 6.86. The Kier molecular flexibility index (Phi) is 3.39. The molecule has 1 unspecified atom stereocenters. The number of aliphatic hydroxyl groups is 1. The lowest BCUT2D eigenvalue weighted by Gasteiger charge is -2.34. The van der Waals surface area contributed by atoms with Gasteiger partial charge in [-0.15, -0.1) is 0 Å². The molecule has 1 saturated carbocycles. The molecule has 3 aromatic rings. The van der Waals surface area contributed by atoms with Crippen molar-refractivity contribution < 1.29 is 5.11 Å². The minimum absolute atomic E-state index is 0.490. The molecule has 1 aromatic carbocycles. The monoisotopic (exact) mass is 344 g/mol. The largest absolute Gasteiger partial charge is 0.372 e. The molecule has 0 bridgehead atoms. The lowest BCUT2D eigenvalue weighted by Crippen LogP contribution is -2.39. The normalized spacial score (nSPS) is 20.1. The van der Waals surface area contributed by atoms with E-state index in [2.05, 4.69) is 26.6 Å². The topological polar surface area (TPSA) is 65.1 Å². The lowest BCUT2D eigenvalue weighted by atomic mass is 9.96. The number of rotatable bonds is 2. The highest BCUT2D eigenvalue weighted by molar-refractivity contribution is 5.96. The summed E-state index contributed by atoms with van der Waals surface area (Å²) in [5, 5.41) is 20.6. The summed E-state index contributed by atoms with van der Waals surface area (Å²) in [6, 6.07) is 12.5. The minimum atomic E-state index is -0.634. The van der Waals surface area contributed by atoms with Crippen LogP contribution in [-0.4, -0.2) is 32.1 Å². The van der Waals surface area contributed by atoms with Crippen molar-refractivity contribution >= 4 is 11.0 Å². The van der Waals surface area contributed by atoms with Gasteiger partial charge in [0.15, 0.2) is 0 Å². The van der Waals surface area contributed by atoms with Crippen LogP contribution in [0.15, 0.2) is 36.5 Å². The Hall–Kier alpha value is -2.68. The molecular weight excluding hydrogens is 324 g/mol. The van der Waals surface area contributed by atoms with Gasteiger partial charge in [0.1, 0.15) is 6.23 Å². The molecule has 0 spiro atoms. The quantitative estimate of drug-likeness (QED) is 0.774. The van der Waals surface area contributed by atoms with Gasteiger partial charge in [0.05, 0.1) is 28.4 Å². The molecule has 26 heavy (non-hydrogen) atoms. The van der Waals surface area contributed by atoms with E-state index >= 15 is 0 Å². The van der Waals surface area contributed by atoms with Crippen LogP contribution in [0.3, 0.4) is 0 Å². The van der Waals surface area contributed by atoms with Crippen LogP contribution in [0.4, 0.5) is 0 Å². The number of pyridine rings is 1. The number of fused-ring (bicyclic) bond motifs is 3. The van der Waals surface area contributed by atoms with Gasteiger partial charge in [-0.05, 0) is 55.2 Å². The first-order chi connectivity index (χ1) is 12.7. The van der Waals surface area contributed by atoms with Crippen molar-refractivity contribution in [2.45, 2.75) is 38.6 Å². The van der Waals surface area contributed by atoms with Gasteiger partial charge in [-0.25, -0.2) is 0 Å². The second-order valence-electron chi connectivity index (χ2n) is 7.27. The highest BCUT2D eigenvalue weighted by Crippen LogP contribution is 2.44. The number of benzene rings is 1. The van der Waals surface area contributed by atoms with Crippen molar-refractivity contribution in [3.8, 4) is 17.2 Å². The Balaban J connectivity index is 1.82. The molecule has 1 aliphatic carbocycles. The Morgan fingerprint density at radius 2 is 2.08 bits per heavy atom. The van der Waals surface area contributed by atoms with Crippen LogP contribution < -0.4 is 0 Å². The fourth-order valence-corrected chi connectivity index (χ4v) is 4.21. The van der Waals surface area contributed by atoms with E-state index in [0.717, 1.165) is 59.3 Å². The van der Waals surface area contributed by atoms with Gasteiger partial charge in [-0.2, -0.15) is 5.26 Å². The highest BCUT2D eigenvalue weighted by atomic mass is 16.3. The van der Waals surface area contributed by atoms with E-state index in [4.69, 9.17) is 0 Å². The third-order valence-electron chi connectivity index (χ3n) is 5.65. The molecule has 2 aliphatic rings. The van der Waals surface area contributed by atoms with Crippen molar-refractivity contribution in [2.24, 2.45) is 0 Å². The average molecular weight is 344 g/mol. The summed E-state index contributed by atoms with van der Waals surface area (Å²) >= 11 is 0. The van der Waals surface area contributed by atoms with E-state index < -0.39 is 6.23 Å². The van der Waals surface area contributed by atoms with Gasteiger partial charge in [-0.1, -0.05) is 6.07 Å². The van der Waals surface area contributed by atoms with Crippen molar-refractivity contribution in [3.63, 3.8) is 0 Å². The molecule has 1 aliphatic heterocycles. The van der Waals surface area contributed by atoms with Crippen molar-refractivity contribution in [1.82, 2.24) is 14.5 Å². The summed E-state index contributed by atoms with van der Waals surface area (Å²) in [6.07, 6.45) is 3.49. The predicted molar refractivity (Wildman–Crippen MR) is 99.3 cm³/mol. The van der Waals surface area contributed by atoms with E-state index in [9.17, 15) is 10.4 Å². The molecule has 5 heteroatoms. The molecule has 130 valence electrons. The first-order valence-corrected chi connectivity index (χ1v) is 9.11. The van der Waals surface area contributed by atoms with Crippen molar-refractivity contribution in [3.05, 3.63) is 53.3 Å². The molecule has 0 amide bonds. The Morgan fingerprint density at radius 1 is 1.23 bits per heavy atom. The van der Waals surface area contributed by atoms with E-state index in [1.165, 1.54) is 0 Å². The fraction of sp³-hybridized carbons (Fsp3) is 0.333. The van der Waals surface area contributed by atoms with Crippen LogP contribution in [-0.2, 0) is 6.54 Å². The Morgan fingerprint density at radius 3 is 2.85 bits per heavy atom. The van der Waals surface area contributed by atoms with E-state index in [-0.39, 0.29) is 0 Å². The smallest absolute Gasteiger partial charge is 0.149 e. The van der Waals surface area contributed by atoms with Crippen molar-refractivity contribution in [1.29, 1.82) is 5.26 Å². The molecule has 2 aromatic heterocycles. The van der Waals surface area contributed by atoms with Crippen LogP contribution in [0, 0.1) is 18.3 Å². The molecule has 0 radical (unpaired) electrons. The number of nitriles is 1. The summed E-state index contributed by atoms with van der Waals surface area (Å²) in [5.74, 6) is 0. The molecule has 0 saturated heterocycles. The fourth-order valence-electron chi connectivity index (χ4n) is 4.21. The zero-order valence-electron chi connectivity index (χ0n) is 14.7. The van der Waals surface area contributed by atoms with Gasteiger partial charge in [0, 0.05) is 30.9 Å². The maximum atomic E-state index is 11.2. The SMILES string of the molecule is Cc1ccc(C#N)cc1-c1c2n(c3cccnc13)CCN(C1CC1)C2O. The Labute approximate surface area is 152 Å². The van der Waals surface area contributed by atoms with Crippen LogP contribution in [0.2, 0.25) is 0 Å². The van der Waals surface area contributed by atoms with E-state index in [0.29, 0.717) is 11.6 Å². The van der Waals surface area contributed by atoms with E-state index in [1.807, 2.05) is 31.2 Å². The third kappa shape index (κ3) is 2.20. The predicted octanol–water partition coefficient (Wildman–Crippen LogP) is 3.35. The average Bonchev–Trinajstić information content (AvgIpc) is 3.45. The van der Waals surface area contributed by atoms with Crippen LogP contribution in [0.5, 0.6) is 0 Å². The number of aliphatic hydroxyl groups excluding tert-OH is 1. The number of hydrogen-bond donors (Lipinski definition) is 1. The summed E-state index contributed by atoms with van der Waals surface area (Å²) < 4.78 is 2.21. The number of aryl methyl sites for hydroxylation is 1. The standard InChI is InChI=1S/C21H20N4O/c1-13-4-5-14(12-22)11-16(13)18-19-17(3-2-8-23-19)25-10-9-24(15-6-7-15)21(26)20(18)25/h2-5,8,11,15,21,26H,6-7,9-10H2,1H3. The zero-order valence-corrected chi connectivity index (χ0v) is 14.7. The minimum Gasteiger partial charge on any atom is -0.372 e. The van der Waals surface area contributed by atoms with E-state index in [1.54, 1.807) is 6.20 Å². The zero-order chi connectivity index (χ0) is 17.8.